The summed E-state index contributed by atoms with van der Waals surface area (Å²) < 4.78 is 0. The lowest BCUT2D eigenvalue weighted by molar-refractivity contribution is -0.141. The summed E-state index contributed by atoms with van der Waals surface area (Å²) in [6.07, 6.45) is 1.07. The molecule has 6 heteroatoms. The Labute approximate surface area is 164 Å². The fraction of sp³-hybridized carbons (Fsp3) is 0.318. The highest BCUT2D eigenvalue weighted by atomic mass is 16.4. The number of carbonyl (C=O) groups is 3. The van der Waals surface area contributed by atoms with Gasteiger partial charge in [-0.25, -0.2) is 0 Å². The number of carboxylic acid groups (broad SMARTS) is 1. The maximum atomic E-state index is 12.5. The number of aliphatic carboxylic acids is 1. The Morgan fingerprint density at radius 1 is 1.18 bits per heavy atom. The van der Waals surface area contributed by atoms with Gasteiger partial charge in [0.25, 0.3) is 5.91 Å². The summed E-state index contributed by atoms with van der Waals surface area (Å²) in [5.41, 5.74) is 4.28. The van der Waals surface area contributed by atoms with Crippen molar-refractivity contribution in [2.24, 2.45) is 5.92 Å². The van der Waals surface area contributed by atoms with Crippen LogP contribution in [0, 0.1) is 12.8 Å². The summed E-state index contributed by atoms with van der Waals surface area (Å²) in [6, 6.07) is 12.9. The molecule has 1 aliphatic rings. The number of carbonyl (C=O) groups excluding carboxylic acids is 2. The third kappa shape index (κ3) is 4.39. The van der Waals surface area contributed by atoms with Crippen molar-refractivity contribution in [2.75, 3.05) is 18.0 Å². The molecular formula is C22H24N2O4. The Morgan fingerprint density at radius 2 is 1.96 bits per heavy atom. The first-order valence-electron chi connectivity index (χ1n) is 9.32. The predicted octanol–water partition coefficient (Wildman–Crippen LogP) is 2.58. The third-order valence-electron chi connectivity index (χ3n) is 5.04. The average Bonchev–Trinajstić information content (AvgIpc) is 3.08. The number of nitrogens with one attached hydrogen (secondary N) is 1. The lowest BCUT2D eigenvalue weighted by atomic mass is 9.98. The minimum absolute atomic E-state index is 0.0172. The Bertz CT molecular complexity index is 923. The van der Waals surface area contributed by atoms with Crippen molar-refractivity contribution in [1.29, 1.82) is 0 Å². The summed E-state index contributed by atoms with van der Waals surface area (Å²) in [4.78, 5) is 37.4. The second kappa shape index (κ2) is 8.25. The van der Waals surface area contributed by atoms with Gasteiger partial charge in [-0.3, -0.25) is 14.4 Å². The molecule has 2 amide bonds. The third-order valence-corrected chi connectivity index (χ3v) is 5.04. The molecule has 0 bridgehead atoms. The molecule has 3 rings (SSSR count). The van der Waals surface area contributed by atoms with Gasteiger partial charge in [0, 0.05) is 31.3 Å². The first-order chi connectivity index (χ1) is 13.3. The average molecular weight is 380 g/mol. The van der Waals surface area contributed by atoms with Gasteiger partial charge in [0.2, 0.25) is 5.91 Å². The van der Waals surface area contributed by atoms with Crippen LogP contribution in [0.5, 0.6) is 0 Å². The van der Waals surface area contributed by atoms with Crippen molar-refractivity contribution in [2.45, 2.75) is 26.7 Å². The molecule has 0 saturated heterocycles. The van der Waals surface area contributed by atoms with Gasteiger partial charge in [-0.2, -0.15) is 0 Å². The van der Waals surface area contributed by atoms with Crippen LogP contribution >= 0.6 is 0 Å². The van der Waals surface area contributed by atoms with Crippen molar-refractivity contribution >= 4 is 23.5 Å². The molecule has 0 spiro atoms. The molecule has 0 saturated carbocycles. The zero-order valence-electron chi connectivity index (χ0n) is 16.1. The van der Waals surface area contributed by atoms with E-state index in [0.717, 1.165) is 22.4 Å². The smallest absolute Gasteiger partial charge is 0.308 e. The summed E-state index contributed by atoms with van der Waals surface area (Å²) in [7, 11) is 0. The van der Waals surface area contributed by atoms with Gasteiger partial charge >= 0.3 is 5.97 Å². The maximum absolute atomic E-state index is 12.5. The molecule has 1 aliphatic heterocycles. The number of rotatable bonds is 6. The van der Waals surface area contributed by atoms with Crippen LogP contribution in [-0.2, 0) is 22.4 Å². The number of fused-ring (bicyclic) bond motifs is 1. The number of anilines is 1. The van der Waals surface area contributed by atoms with Crippen LogP contribution in [0.3, 0.4) is 0 Å². The molecule has 0 aromatic heterocycles. The largest absolute Gasteiger partial charge is 0.481 e. The molecule has 0 radical (unpaired) electrons. The van der Waals surface area contributed by atoms with E-state index in [9.17, 15) is 19.5 Å². The number of benzene rings is 2. The molecule has 2 aromatic carbocycles. The molecule has 1 atom stereocenters. The van der Waals surface area contributed by atoms with Crippen LogP contribution in [0.2, 0.25) is 0 Å². The fourth-order valence-corrected chi connectivity index (χ4v) is 3.56. The minimum atomic E-state index is -0.937. The summed E-state index contributed by atoms with van der Waals surface area (Å²) in [6.45, 7) is 4.16. The molecule has 0 aliphatic carbocycles. The topological polar surface area (TPSA) is 86.7 Å². The van der Waals surface area contributed by atoms with E-state index < -0.39 is 11.9 Å². The van der Waals surface area contributed by atoms with E-state index in [1.165, 1.54) is 6.92 Å². The lowest BCUT2D eigenvalue weighted by Gasteiger charge is -2.16. The van der Waals surface area contributed by atoms with Crippen LogP contribution < -0.4 is 10.2 Å². The SMILES string of the molecule is CC(=O)N1CCc2cc(C(=O)NCC(Cc3cccc(C)c3)C(=O)O)ccc21. The normalized spacial score (nSPS) is 13.7. The van der Waals surface area contributed by atoms with Gasteiger partial charge in [0.1, 0.15) is 0 Å². The fourth-order valence-electron chi connectivity index (χ4n) is 3.56. The highest BCUT2D eigenvalue weighted by Gasteiger charge is 2.24. The minimum Gasteiger partial charge on any atom is -0.481 e. The van der Waals surface area contributed by atoms with Crippen molar-refractivity contribution in [3.05, 3.63) is 64.7 Å². The molecule has 146 valence electrons. The number of nitrogens with zero attached hydrogens (tertiary/aromatic N) is 1. The van der Waals surface area contributed by atoms with Crippen LogP contribution in [0.25, 0.3) is 0 Å². The standard InChI is InChI=1S/C22H24N2O4/c1-14-4-3-5-16(10-14)11-19(22(27)28)13-23-21(26)18-6-7-20-17(12-18)8-9-24(20)15(2)25/h3-7,10,12,19H,8-9,11,13H2,1-2H3,(H,23,26)(H,27,28). The summed E-state index contributed by atoms with van der Waals surface area (Å²) in [5.74, 6) is -1.96. The molecule has 6 nitrogen and oxygen atoms in total. The molecule has 2 aromatic rings. The Hall–Kier alpha value is -3.15. The van der Waals surface area contributed by atoms with Crippen LogP contribution in [-0.4, -0.2) is 36.0 Å². The van der Waals surface area contributed by atoms with Gasteiger partial charge in [-0.05, 0) is 49.1 Å². The van der Waals surface area contributed by atoms with E-state index in [1.54, 1.807) is 23.1 Å². The van der Waals surface area contributed by atoms with Gasteiger partial charge in [0.15, 0.2) is 0 Å². The zero-order valence-corrected chi connectivity index (χ0v) is 16.1. The Morgan fingerprint density at radius 3 is 2.64 bits per heavy atom. The van der Waals surface area contributed by atoms with E-state index in [0.29, 0.717) is 24.9 Å². The second-order valence-electron chi connectivity index (χ2n) is 7.20. The van der Waals surface area contributed by atoms with E-state index in [2.05, 4.69) is 5.32 Å². The highest BCUT2D eigenvalue weighted by molar-refractivity contribution is 5.98. The van der Waals surface area contributed by atoms with E-state index in [1.807, 2.05) is 31.2 Å². The predicted molar refractivity (Wildman–Crippen MR) is 107 cm³/mol. The molecule has 1 unspecified atom stereocenters. The number of carboxylic acids is 1. The molecule has 28 heavy (non-hydrogen) atoms. The highest BCUT2D eigenvalue weighted by Crippen LogP contribution is 2.28. The molecule has 0 fully saturated rings. The summed E-state index contributed by atoms with van der Waals surface area (Å²) in [5, 5.41) is 12.2. The Kier molecular flexibility index (Phi) is 5.78. The van der Waals surface area contributed by atoms with E-state index >= 15 is 0 Å². The first kappa shape index (κ1) is 19.6. The zero-order chi connectivity index (χ0) is 20.3. The number of amides is 2. The lowest BCUT2D eigenvalue weighted by Crippen LogP contribution is -2.34. The summed E-state index contributed by atoms with van der Waals surface area (Å²) >= 11 is 0. The number of hydrogen-bond donors (Lipinski definition) is 2. The van der Waals surface area contributed by atoms with Gasteiger partial charge in [-0.1, -0.05) is 29.8 Å². The Balaban J connectivity index is 1.65. The molecule has 2 N–H and O–H groups in total. The van der Waals surface area contributed by atoms with Crippen molar-refractivity contribution in [3.63, 3.8) is 0 Å². The maximum Gasteiger partial charge on any atom is 0.308 e. The first-order valence-corrected chi connectivity index (χ1v) is 9.32. The van der Waals surface area contributed by atoms with E-state index in [4.69, 9.17) is 0 Å². The number of hydrogen-bond acceptors (Lipinski definition) is 3. The monoisotopic (exact) mass is 380 g/mol. The van der Waals surface area contributed by atoms with Crippen molar-refractivity contribution in [3.8, 4) is 0 Å². The van der Waals surface area contributed by atoms with Gasteiger partial charge < -0.3 is 15.3 Å². The van der Waals surface area contributed by atoms with Gasteiger partial charge in [-0.15, -0.1) is 0 Å². The molecule has 1 heterocycles. The quantitative estimate of drug-likeness (QED) is 0.806. The van der Waals surface area contributed by atoms with E-state index in [-0.39, 0.29) is 18.4 Å². The number of aryl methyl sites for hydroxylation is 1. The van der Waals surface area contributed by atoms with Crippen LogP contribution in [0.4, 0.5) is 5.69 Å². The van der Waals surface area contributed by atoms with Crippen molar-refractivity contribution < 1.29 is 19.5 Å². The molecular weight excluding hydrogens is 356 g/mol. The van der Waals surface area contributed by atoms with Crippen LogP contribution in [0.1, 0.15) is 34.0 Å². The van der Waals surface area contributed by atoms with Gasteiger partial charge in [0.05, 0.1) is 5.92 Å². The van der Waals surface area contributed by atoms with Crippen LogP contribution in [0.15, 0.2) is 42.5 Å². The van der Waals surface area contributed by atoms with Crippen molar-refractivity contribution in [1.82, 2.24) is 5.32 Å². The second-order valence-corrected chi connectivity index (χ2v) is 7.20.